The lowest BCUT2D eigenvalue weighted by atomic mass is 10.1. The number of benzene rings is 2. The van der Waals surface area contributed by atoms with Crippen molar-refractivity contribution in [3.05, 3.63) is 62.9 Å². The maximum absolute atomic E-state index is 12.6. The lowest BCUT2D eigenvalue weighted by molar-refractivity contribution is -0.137. The number of hydrogen-bond donors (Lipinski definition) is 1. The summed E-state index contributed by atoms with van der Waals surface area (Å²) in [7, 11) is 0. The smallest absolute Gasteiger partial charge is 0.416 e. The second kappa shape index (κ2) is 6.68. The maximum Gasteiger partial charge on any atom is 0.416 e. The molecule has 25 heavy (non-hydrogen) atoms. The topological polar surface area (TPSA) is 46.5 Å². The molecule has 0 spiro atoms. The number of ether oxygens (including phenoxy) is 1. The van der Waals surface area contributed by atoms with Crippen LogP contribution in [0.25, 0.3) is 10.1 Å². The predicted molar refractivity (Wildman–Crippen MR) is 92.3 cm³/mol. The fourth-order valence-corrected chi connectivity index (χ4v) is 3.92. The van der Waals surface area contributed by atoms with Gasteiger partial charge in [0.2, 0.25) is 0 Å². The zero-order valence-corrected chi connectivity index (χ0v) is 14.8. The number of rotatable bonds is 4. The highest BCUT2D eigenvalue weighted by atomic mass is 79.9. The molecule has 0 saturated carbocycles. The second-order valence-electron chi connectivity index (χ2n) is 5.20. The SMILES string of the molecule is O=C(O)c1ccc2cc(Br)sc2c1OCc1ccc(C(F)(F)F)cc1. The van der Waals surface area contributed by atoms with Crippen molar-refractivity contribution < 1.29 is 27.8 Å². The third-order valence-corrected chi connectivity index (χ3v) is 5.16. The van der Waals surface area contributed by atoms with E-state index >= 15 is 0 Å². The molecule has 0 aliphatic heterocycles. The average Bonchev–Trinajstić information content (AvgIpc) is 2.92. The Balaban J connectivity index is 1.90. The summed E-state index contributed by atoms with van der Waals surface area (Å²) in [4.78, 5) is 11.4. The van der Waals surface area contributed by atoms with Gasteiger partial charge in [-0.05, 0) is 51.1 Å². The van der Waals surface area contributed by atoms with Gasteiger partial charge in [-0.1, -0.05) is 18.2 Å². The molecule has 1 N–H and O–H groups in total. The second-order valence-corrected chi connectivity index (χ2v) is 7.63. The normalized spacial score (nSPS) is 11.7. The van der Waals surface area contributed by atoms with Crippen LogP contribution >= 0.6 is 27.3 Å². The first-order valence-corrected chi connectivity index (χ1v) is 8.61. The van der Waals surface area contributed by atoms with Crippen LogP contribution in [0.4, 0.5) is 13.2 Å². The van der Waals surface area contributed by atoms with Crippen LogP contribution in [0.2, 0.25) is 0 Å². The maximum atomic E-state index is 12.6. The summed E-state index contributed by atoms with van der Waals surface area (Å²) in [5.41, 5.74) is -0.225. The standard InChI is InChI=1S/C17H10BrF3O3S/c18-13-7-10-3-6-12(16(22)23)14(15(10)25-13)24-8-9-1-4-11(5-2-9)17(19,20)21/h1-7H,8H2,(H,22,23). The van der Waals surface area contributed by atoms with Crippen molar-refractivity contribution in [1.29, 1.82) is 0 Å². The number of halogens is 4. The summed E-state index contributed by atoms with van der Waals surface area (Å²) >= 11 is 4.68. The molecular formula is C17H10BrF3O3S. The lowest BCUT2D eigenvalue weighted by Gasteiger charge is -2.11. The third-order valence-electron chi connectivity index (χ3n) is 3.51. The molecule has 130 valence electrons. The Morgan fingerprint density at radius 1 is 1.16 bits per heavy atom. The third kappa shape index (κ3) is 3.80. The Morgan fingerprint density at radius 2 is 1.84 bits per heavy atom. The summed E-state index contributed by atoms with van der Waals surface area (Å²) < 4.78 is 44.9. The van der Waals surface area contributed by atoms with Gasteiger partial charge in [-0.25, -0.2) is 4.79 Å². The van der Waals surface area contributed by atoms with E-state index in [1.807, 2.05) is 6.07 Å². The molecular weight excluding hydrogens is 421 g/mol. The van der Waals surface area contributed by atoms with Crippen LogP contribution in [0.5, 0.6) is 5.75 Å². The van der Waals surface area contributed by atoms with E-state index in [-0.39, 0.29) is 17.9 Å². The first kappa shape index (κ1) is 17.8. The highest BCUT2D eigenvalue weighted by Crippen LogP contribution is 2.39. The van der Waals surface area contributed by atoms with E-state index in [9.17, 15) is 23.1 Å². The Bertz CT molecular complexity index is 933. The number of carbonyl (C=O) groups is 1. The minimum atomic E-state index is -4.40. The molecule has 0 unspecified atom stereocenters. The summed E-state index contributed by atoms with van der Waals surface area (Å²) in [6.07, 6.45) is -4.40. The summed E-state index contributed by atoms with van der Waals surface area (Å²) in [6, 6.07) is 9.55. The first-order chi connectivity index (χ1) is 11.8. The van der Waals surface area contributed by atoms with Gasteiger partial charge < -0.3 is 9.84 Å². The van der Waals surface area contributed by atoms with Crippen LogP contribution in [-0.4, -0.2) is 11.1 Å². The zero-order chi connectivity index (χ0) is 18.2. The molecule has 3 aromatic rings. The van der Waals surface area contributed by atoms with E-state index < -0.39 is 17.7 Å². The van der Waals surface area contributed by atoms with E-state index in [0.717, 1.165) is 21.3 Å². The Kier molecular flexibility index (Phi) is 4.75. The molecule has 0 aliphatic carbocycles. The molecule has 0 saturated heterocycles. The van der Waals surface area contributed by atoms with Crippen LogP contribution in [0.3, 0.4) is 0 Å². The van der Waals surface area contributed by atoms with Gasteiger partial charge in [-0.3, -0.25) is 0 Å². The minimum absolute atomic E-state index is 0.00811. The number of carboxylic acid groups (broad SMARTS) is 1. The van der Waals surface area contributed by atoms with Gasteiger partial charge >= 0.3 is 12.1 Å². The fourth-order valence-electron chi connectivity index (χ4n) is 2.30. The van der Waals surface area contributed by atoms with Crippen molar-refractivity contribution in [2.24, 2.45) is 0 Å². The summed E-state index contributed by atoms with van der Waals surface area (Å²) in [5, 5.41) is 10.2. The average molecular weight is 431 g/mol. The van der Waals surface area contributed by atoms with Crippen LogP contribution in [-0.2, 0) is 12.8 Å². The number of fused-ring (bicyclic) bond motifs is 1. The molecule has 0 amide bonds. The van der Waals surface area contributed by atoms with E-state index in [0.29, 0.717) is 10.3 Å². The number of aromatic carboxylic acids is 1. The lowest BCUT2D eigenvalue weighted by Crippen LogP contribution is -2.06. The van der Waals surface area contributed by atoms with Crippen LogP contribution < -0.4 is 4.74 Å². The number of hydrogen-bond acceptors (Lipinski definition) is 3. The first-order valence-electron chi connectivity index (χ1n) is 7.00. The molecule has 0 atom stereocenters. The Morgan fingerprint density at radius 3 is 2.44 bits per heavy atom. The van der Waals surface area contributed by atoms with Crippen LogP contribution in [0.15, 0.2) is 46.3 Å². The van der Waals surface area contributed by atoms with Gasteiger partial charge in [0.15, 0.2) is 5.75 Å². The van der Waals surface area contributed by atoms with Crippen molar-refractivity contribution in [3.8, 4) is 5.75 Å². The fraction of sp³-hybridized carbons (Fsp3) is 0.118. The molecule has 0 fully saturated rings. The van der Waals surface area contributed by atoms with E-state index in [1.54, 1.807) is 6.07 Å². The Labute approximate surface area is 152 Å². The number of alkyl halides is 3. The largest absolute Gasteiger partial charge is 0.486 e. The van der Waals surface area contributed by atoms with Crippen molar-refractivity contribution in [1.82, 2.24) is 0 Å². The molecule has 2 aromatic carbocycles. The van der Waals surface area contributed by atoms with Gasteiger partial charge in [0.1, 0.15) is 12.2 Å². The van der Waals surface area contributed by atoms with Crippen molar-refractivity contribution >= 4 is 43.3 Å². The Hall–Kier alpha value is -2.06. The van der Waals surface area contributed by atoms with Crippen LogP contribution in [0.1, 0.15) is 21.5 Å². The summed E-state index contributed by atoms with van der Waals surface area (Å²) in [6.45, 7) is -0.0347. The van der Waals surface area contributed by atoms with Crippen molar-refractivity contribution in [2.75, 3.05) is 0 Å². The van der Waals surface area contributed by atoms with E-state index in [2.05, 4.69) is 15.9 Å². The van der Waals surface area contributed by atoms with Crippen LogP contribution in [0, 0.1) is 0 Å². The molecule has 3 nitrogen and oxygen atoms in total. The highest BCUT2D eigenvalue weighted by Gasteiger charge is 2.30. The summed E-state index contributed by atoms with van der Waals surface area (Å²) in [5.74, 6) is -0.922. The monoisotopic (exact) mass is 430 g/mol. The van der Waals surface area contributed by atoms with Gasteiger partial charge in [0.25, 0.3) is 0 Å². The van der Waals surface area contributed by atoms with E-state index in [1.165, 1.54) is 29.5 Å². The molecule has 1 heterocycles. The van der Waals surface area contributed by atoms with Crippen molar-refractivity contribution in [3.63, 3.8) is 0 Å². The van der Waals surface area contributed by atoms with Gasteiger partial charge in [-0.15, -0.1) is 11.3 Å². The zero-order valence-electron chi connectivity index (χ0n) is 12.4. The van der Waals surface area contributed by atoms with Crippen molar-refractivity contribution in [2.45, 2.75) is 12.8 Å². The van der Waals surface area contributed by atoms with E-state index in [4.69, 9.17) is 4.74 Å². The molecule has 1 aromatic heterocycles. The molecule has 0 radical (unpaired) electrons. The molecule has 8 heteroatoms. The van der Waals surface area contributed by atoms with Gasteiger partial charge in [0, 0.05) is 0 Å². The molecule has 0 aliphatic rings. The number of thiophene rings is 1. The highest BCUT2D eigenvalue weighted by molar-refractivity contribution is 9.11. The predicted octanol–water partition coefficient (Wildman–Crippen LogP) is 5.96. The van der Waals surface area contributed by atoms with Gasteiger partial charge in [0.05, 0.1) is 14.0 Å². The minimum Gasteiger partial charge on any atom is -0.486 e. The molecule has 3 rings (SSSR count). The molecule has 0 bridgehead atoms. The van der Waals surface area contributed by atoms with Gasteiger partial charge in [-0.2, -0.15) is 13.2 Å². The number of carboxylic acids is 1. The quantitative estimate of drug-likeness (QED) is 0.555.